The Hall–Kier alpha value is -0.930. The van der Waals surface area contributed by atoms with Crippen LogP contribution in [0, 0.1) is 5.82 Å². The molecule has 1 aliphatic rings. The van der Waals surface area contributed by atoms with Crippen LogP contribution in [0.5, 0.6) is 0 Å². The number of benzene rings is 1. The van der Waals surface area contributed by atoms with E-state index in [0.29, 0.717) is 12.1 Å². The van der Waals surface area contributed by atoms with Crippen LogP contribution in [0.25, 0.3) is 0 Å². The molecule has 1 aromatic rings. The second kappa shape index (κ2) is 7.01. The normalized spacial score (nSPS) is 25.8. The summed E-state index contributed by atoms with van der Waals surface area (Å²) < 4.78 is 12.9. The van der Waals surface area contributed by atoms with Gasteiger partial charge in [-0.1, -0.05) is 19.1 Å². The van der Waals surface area contributed by atoms with Gasteiger partial charge in [0.25, 0.3) is 0 Å². The Labute approximate surface area is 116 Å². The molecule has 0 radical (unpaired) electrons. The SMILES string of the molecule is CCC1CCN(Cc2ccc(F)cc2)CCC(C)N1. The number of rotatable bonds is 3. The Morgan fingerprint density at radius 1 is 1.21 bits per heavy atom. The first-order valence-corrected chi connectivity index (χ1v) is 7.40. The van der Waals surface area contributed by atoms with Gasteiger partial charge in [0.1, 0.15) is 5.82 Å². The molecular formula is C16H25FN2. The number of hydrogen-bond donors (Lipinski definition) is 1. The summed E-state index contributed by atoms with van der Waals surface area (Å²) in [6.45, 7) is 7.68. The summed E-state index contributed by atoms with van der Waals surface area (Å²) in [5, 5.41) is 3.68. The van der Waals surface area contributed by atoms with Gasteiger partial charge in [0, 0.05) is 18.6 Å². The van der Waals surface area contributed by atoms with Gasteiger partial charge < -0.3 is 5.32 Å². The predicted octanol–water partition coefficient (Wildman–Crippen LogP) is 3.18. The molecule has 0 spiro atoms. The molecule has 0 saturated carbocycles. The zero-order valence-corrected chi connectivity index (χ0v) is 12.0. The van der Waals surface area contributed by atoms with Crippen LogP contribution < -0.4 is 5.32 Å². The van der Waals surface area contributed by atoms with Gasteiger partial charge in [-0.2, -0.15) is 0 Å². The van der Waals surface area contributed by atoms with Crippen molar-refractivity contribution in [3.63, 3.8) is 0 Å². The minimum absolute atomic E-state index is 0.153. The van der Waals surface area contributed by atoms with E-state index in [1.54, 1.807) is 12.1 Å². The first-order valence-electron chi connectivity index (χ1n) is 7.40. The van der Waals surface area contributed by atoms with Crippen LogP contribution in [-0.2, 0) is 6.54 Å². The minimum Gasteiger partial charge on any atom is -0.311 e. The van der Waals surface area contributed by atoms with Crippen LogP contribution in [0.4, 0.5) is 4.39 Å². The molecule has 1 heterocycles. The van der Waals surface area contributed by atoms with Crippen molar-refractivity contribution in [1.29, 1.82) is 0 Å². The average Bonchev–Trinajstić information content (AvgIpc) is 2.40. The maximum absolute atomic E-state index is 12.9. The molecule has 3 heteroatoms. The Kier molecular flexibility index (Phi) is 5.34. The molecule has 2 unspecified atom stereocenters. The van der Waals surface area contributed by atoms with E-state index in [2.05, 4.69) is 24.1 Å². The van der Waals surface area contributed by atoms with Gasteiger partial charge in [-0.3, -0.25) is 4.90 Å². The van der Waals surface area contributed by atoms with Crippen molar-refractivity contribution in [3.8, 4) is 0 Å². The number of nitrogens with zero attached hydrogens (tertiary/aromatic N) is 1. The van der Waals surface area contributed by atoms with Crippen LogP contribution in [0.2, 0.25) is 0 Å². The number of hydrogen-bond acceptors (Lipinski definition) is 2. The summed E-state index contributed by atoms with van der Waals surface area (Å²) in [7, 11) is 0. The van der Waals surface area contributed by atoms with Crippen LogP contribution >= 0.6 is 0 Å². The standard InChI is InChI=1S/C16H25FN2/c1-3-16-9-11-19(10-8-13(2)18-16)12-14-4-6-15(17)7-5-14/h4-7,13,16,18H,3,8-12H2,1-2H3. The highest BCUT2D eigenvalue weighted by Crippen LogP contribution is 2.13. The Morgan fingerprint density at radius 3 is 2.58 bits per heavy atom. The predicted molar refractivity (Wildman–Crippen MR) is 77.6 cm³/mol. The molecule has 1 aromatic carbocycles. The van der Waals surface area contributed by atoms with Gasteiger partial charge in [-0.05, 0) is 57.0 Å². The molecule has 1 N–H and O–H groups in total. The van der Waals surface area contributed by atoms with Crippen molar-refractivity contribution < 1.29 is 4.39 Å². The van der Waals surface area contributed by atoms with E-state index in [1.165, 1.54) is 24.8 Å². The lowest BCUT2D eigenvalue weighted by atomic mass is 10.1. The zero-order chi connectivity index (χ0) is 13.7. The van der Waals surface area contributed by atoms with E-state index in [0.717, 1.165) is 19.6 Å². The molecule has 0 bridgehead atoms. The fraction of sp³-hybridized carbons (Fsp3) is 0.625. The molecule has 0 aromatic heterocycles. The van der Waals surface area contributed by atoms with Crippen molar-refractivity contribution >= 4 is 0 Å². The summed E-state index contributed by atoms with van der Waals surface area (Å²) in [6, 6.07) is 8.11. The third-order valence-electron chi connectivity index (χ3n) is 4.00. The first-order chi connectivity index (χ1) is 9.17. The molecule has 0 aliphatic carbocycles. The van der Waals surface area contributed by atoms with E-state index >= 15 is 0 Å². The van der Waals surface area contributed by atoms with E-state index < -0.39 is 0 Å². The summed E-state index contributed by atoms with van der Waals surface area (Å²) >= 11 is 0. The van der Waals surface area contributed by atoms with Crippen molar-refractivity contribution in [2.24, 2.45) is 0 Å². The van der Waals surface area contributed by atoms with Crippen LogP contribution in [0.3, 0.4) is 0 Å². The summed E-state index contributed by atoms with van der Waals surface area (Å²) in [5.41, 5.74) is 1.20. The number of nitrogens with one attached hydrogen (secondary N) is 1. The van der Waals surface area contributed by atoms with E-state index in [1.807, 2.05) is 12.1 Å². The number of halogens is 1. The Morgan fingerprint density at radius 2 is 1.89 bits per heavy atom. The van der Waals surface area contributed by atoms with Gasteiger partial charge >= 0.3 is 0 Å². The quantitative estimate of drug-likeness (QED) is 0.902. The molecule has 19 heavy (non-hydrogen) atoms. The molecule has 106 valence electrons. The lowest BCUT2D eigenvalue weighted by Crippen LogP contribution is -2.43. The van der Waals surface area contributed by atoms with Crippen LogP contribution in [0.15, 0.2) is 24.3 Å². The molecule has 2 rings (SSSR count). The van der Waals surface area contributed by atoms with E-state index in [-0.39, 0.29) is 5.82 Å². The molecule has 2 atom stereocenters. The summed E-state index contributed by atoms with van der Waals surface area (Å²) in [4.78, 5) is 2.49. The third-order valence-corrected chi connectivity index (χ3v) is 4.00. The molecule has 2 nitrogen and oxygen atoms in total. The Balaban J connectivity index is 1.93. The molecule has 1 aliphatic heterocycles. The summed E-state index contributed by atoms with van der Waals surface area (Å²) in [6.07, 6.45) is 3.56. The van der Waals surface area contributed by atoms with Crippen molar-refractivity contribution in [2.45, 2.75) is 51.7 Å². The van der Waals surface area contributed by atoms with Crippen molar-refractivity contribution in [3.05, 3.63) is 35.6 Å². The fourth-order valence-electron chi connectivity index (χ4n) is 2.72. The maximum atomic E-state index is 12.9. The van der Waals surface area contributed by atoms with Crippen LogP contribution in [0.1, 0.15) is 38.7 Å². The van der Waals surface area contributed by atoms with Gasteiger partial charge in [-0.15, -0.1) is 0 Å². The topological polar surface area (TPSA) is 15.3 Å². The van der Waals surface area contributed by atoms with Crippen LogP contribution in [-0.4, -0.2) is 30.1 Å². The highest BCUT2D eigenvalue weighted by atomic mass is 19.1. The van der Waals surface area contributed by atoms with Crippen molar-refractivity contribution in [2.75, 3.05) is 13.1 Å². The average molecular weight is 264 g/mol. The van der Waals surface area contributed by atoms with Crippen molar-refractivity contribution in [1.82, 2.24) is 10.2 Å². The van der Waals surface area contributed by atoms with Gasteiger partial charge in [0.05, 0.1) is 0 Å². The second-order valence-corrected chi connectivity index (χ2v) is 5.65. The highest BCUT2D eigenvalue weighted by Gasteiger charge is 2.17. The molecule has 1 saturated heterocycles. The van der Waals surface area contributed by atoms with Gasteiger partial charge in [0.15, 0.2) is 0 Å². The first kappa shape index (κ1) is 14.5. The second-order valence-electron chi connectivity index (χ2n) is 5.65. The highest BCUT2D eigenvalue weighted by molar-refractivity contribution is 5.15. The molecule has 1 fully saturated rings. The van der Waals surface area contributed by atoms with Gasteiger partial charge in [-0.25, -0.2) is 4.39 Å². The third kappa shape index (κ3) is 4.59. The molecule has 0 amide bonds. The van der Waals surface area contributed by atoms with Gasteiger partial charge in [0.2, 0.25) is 0 Å². The summed E-state index contributed by atoms with van der Waals surface area (Å²) in [5.74, 6) is -0.153. The Bertz CT molecular complexity index is 377. The van der Waals surface area contributed by atoms with E-state index in [4.69, 9.17) is 0 Å². The maximum Gasteiger partial charge on any atom is 0.123 e. The monoisotopic (exact) mass is 264 g/mol. The van der Waals surface area contributed by atoms with E-state index in [9.17, 15) is 4.39 Å². The largest absolute Gasteiger partial charge is 0.311 e. The fourth-order valence-corrected chi connectivity index (χ4v) is 2.72. The lowest BCUT2D eigenvalue weighted by Gasteiger charge is -2.32. The lowest BCUT2D eigenvalue weighted by molar-refractivity contribution is 0.206. The molecular weight excluding hydrogens is 239 g/mol. The minimum atomic E-state index is -0.153. The smallest absolute Gasteiger partial charge is 0.123 e. The zero-order valence-electron chi connectivity index (χ0n) is 12.0.